The van der Waals surface area contributed by atoms with Gasteiger partial charge in [-0.2, -0.15) is 0 Å². The lowest BCUT2D eigenvalue weighted by Crippen LogP contribution is -2.37. The largest absolute Gasteiger partial charge is 0.490 e. The number of carbonyl (C=O) groups is 1. The fourth-order valence-electron chi connectivity index (χ4n) is 1.40. The smallest absolute Gasteiger partial charge is 0.321 e. The van der Waals surface area contributed by atoms with Crippen molar-refractivity contribution < 1.29 is 23.8 Å². The zero-order valence-corrected chi connectivity index (χ0v) is 12.1. The minimum absolute atomic E-state index is 0.0792. The van der Waals surface area contributed by atoms with Gasteiger partial charge in [0.05, 0.1) is 12.0 Å². The summed E-state index contributed by atoms with van der Waals surface area (Å²) < 4.78 is 15.5. The van der Waals surface area contributed by atoms with Crippen LogP contribution in [-0.2, 0) is 21.3 Å². The van der Waals surface area contributed by atoms with E-state index in [1.807, 2.05) is 0 Å². The Morgan fingerprint density at radius 2 is 2.10 bits per heavy atom. The summed E-state index contributed by atoms with van der Waals surface area (Å²) in [5.41, 5.74) is 0.181. The van der Waals surface area contributed by atoms with E-state index in [9.17, 15) is 19.1 Å². The van der Waals surface area contributed by atoms with Crippen molar-refractivity contribution in [3.63, 3.8) is 0 Å². The summed E-state index contributed by atoms with van der Waals surface area (Å²) in [5, 5.41) is 19.9. The first-order valence-electron chi connectivity index (χ1n) is 5.63. The molecule has 0 aliphatic carbocycles. The molecule has 1 N–H and O–H groups in total. The molecule has 1 atom stereocenters. The first-order valence-corrected chi connectivity index (χ1v) is 6.95. The highest BCUT2D eigenvalue weighted by Gasteiger charge is 2.34. The van der Waals surface area contributed by atoms with Crippen LogP contribution in [0.5, 0.6) is 5.75 Å². The number of nitrogens with zero attached hydrogens (tertiary/aromatic N) is 1. The summed E-state index contributed by atoms with van der Waals surface area (Å²) in [4.78, 5) is 21.3. The van der Waals surface area contributed by atoms with E-state index in [1.165, 1.54) is 39.2 Å². The molecular formula is C12H15NO6S. The minimum atomic E-state index is -1.70. The number of ether oxygens (including phenoxy) is 1. The second-order valence-electron chi connectivity index (χ2n) is 4.57. The Hall–Kier alpha value is -1.96. The Balaban J connectivity index is 3.06. The molecule has 20 heavy (non-hydrogen) atoms. The van der Waals surface area contributed by atoms with Crippen molar-refractivity contribution in [1.29, 1.82) is 0 Å². The maximum atomic E-state index is 12.0. The number of hydrogen-bond donors (Lipinski definition) is 1. The third-order valence-electron chi connectivity index (χ3n) is 2.82. The molecule has 0 heterocycles. The molecule has 8 heteroatoms. The van der Waals surface area contributed by atoms with Gasteiger partial charge >= 0.3 is 11.7 Å². The zero-order chi connectivity index (χ0) is 15.5. The molecule has 1 aromatic rings. The van der Waals surface area contributed by atoms with Crippen LogP contribution >= 0.6 is 0 Å². The number of benzene rings is 1. The fraction of sp³-hybridized carbons (Fsp3) is 0.417. The van der Waals surface area contributed by atoms with Crippen LogP contribution in [0, 0.1) is 10.1 Å². The predicted octanol–water partition coefficient (Wildman–Crippen LogP) is 1.72. The predicted molar refractivity (Wildman–Crippen MR) is 73.2 cm³/mol. The van der Waals surface area contributed by atoms with Gasteiger partial charge in [0.25, 0.3) is 0 Å². The van der Waals surface area contributed by atoms with Crippen LogP contribution in [0.3, 0.4) is 0 Å². The Labute approximate surface area is 118 Å². The monoisotopic (exact) mass is 301 g/mol. The number of aliphatic carboxylic acids is 1. The molecule has 0 saturated heterocycles. The number of hydrogen-bond acceptors (Lipinski definition) is 5. The van der Waals surface area contributed by atoms with Gasteiger partial charge in [-0.15, -0.1) is 0 Å². The van der Waals surface area contributed by atoms with Gasteiger partial charge in [0.2, 0.25) is 0 Å². The van der Waals surface area contributed by atoms with Crippen molar-refractivity contribution in [2.24, 2.45) is 0 Å². The molecule has 7 nitrogen and oxygen atoms in total. The summed E-state index contributed by atoms with van der Waals surface area (Å²) in [6, 6.07) is 4.18. The van der Waals surface area contributed by atoms with Crippen molar-refractivity contribution in [2.75, 3.05) is 7.11 Å². The van der Waals surface area contributed by atoms with Crippen molar-refractivity contribution >= 4 is 22.5 Å². The van der Waals surface area contributed by atoms with Crippen LogP contribution in [0.1, 0.15) is 19.4 Å². The first-order chi connectivity index (χ1) is 9.20. The second-order valence-corrected chi connectivity index (χ2v) is 6.57. The Morgan fingerprint density at radius 1 is 1.50 bits per heavy atom. The number of methoxy groups -OCH3 is 1. The number of nitro benzene ring substituents is 1. The number of nitro groups is 1. The normalized spacial score (nSPS) is 12.8. The molecule has 0 amide bonds. The molecule has 1 rings (SSSR count). The van der Waals surface area contributed by atoms with E-state index in [0.29, 0.717) is 5.56 Å². The van der Waals surface area contributed by atoms with E-state index < -0.39 is 26.4 Å². The van der Waals surface area contributed by atoms with E-state index in [2.05, 4.69) is 0 Å². The fourth-order valence-corrected chi connectivity index (χ4v) is 2.44. The summed E-state index contributed by atoms with van der Waals surface area (Å²) in [7, 11) is -0.391. The molecule has 1 unspecified atom stereocenters. The third-order valence-corrected chi connectivity index (χ3v) is 4.73. The van der Waals surface area contributed by atoms with Crippen LogP contribution < -0.4 is 4.74 Å². The topological polar surface area (TPSA) is 107 Å². The standard InChI is InChI=1S/C12H15NO6S/c1-12(2,11(14)15)20(18)7-8-4-5-10(19-3)9(6-8)13(16)17/h4-6H,7H2,1-3H3,(H,14,15). The summed E-state index contributed by atoms with van der Waals surface area (Å²) in [6.45, 7) is 2.70. The van der Waals surface area contributed by atoms with Gasteiger partial charge in [0, 0.05) is 22.6 Å². The summed E-state index contributed by atoms with van der Waals surface area (Å²) in [6.07, 6.45) is 0. The lowest BCUT2D eigenvalue weighted by molar-refractivity contribution is -0.385. The van der Waals surface area contributed by atoms with Crippen molar-refractivity contribution in [3.8, 4) is 5.75 Å². The van der Waals surface area contributed by atoms with Gasteiger partial charge in [-0.25, -0.2) is 0 Å². The van der Waals surface area contributed by atoms with Crippen LogP contribution in [0.25, 0.3) is 0 Å². The molecule has 0 saturated carbocycles. The van der Waals surface area contributed by atoms with E-state index in [4.69, 9.17) is 9.84 Å². The minimum Gasteiger partial charge on any atom is -0.490 e. The Morgan fingerprint density at radius 3 is 2.55 bits per heavy atom. The molecule has 0 spiro atoms. The molecule has 0 aliphatic heterocycles. The van der Waals surface area contributed by atoms with Gasteiger partial charge in [0.15, 0.2) is 5.75 Å². The van der Waals surface area contributed by atoms with Crippen molar-refractivity contribution in [3.05, 3.63) is 33.9 Å². The number of carboxylic acids is 1. The van der Waals surface area contributed by atoms with E-state index in [1.54, 1.807) is 0 Å². The molecule has 0 bridgehead atoms. The van der Waals surface area contributed by atoms with E-state index in [-0.39, 0.29) is 17.2 Å². The highest BCUT2D eigenvalue weighted by atomic mass is 32.2. The highest BCUT2D eigenvalue weighted by Crippen LogP contribution is 2.29. The number of rotatable bonds is 6. The third kappa shape index (κ3) is 3.32. The molecule has 0 aliphatic rings. The summed E-state index contributed by atoms with van der Waals surface area (Å²) >= 11 is 0. The van der Waals surface area contributed by atoms with Crippen molar-refractivity contribution in [1.82, 2.24) is 0 Å². The zero-order valence-electron chi connectivity index (χ0n) is 11.3. The Kier molecular flexibility index (Phi) is 4.83. The van der Waals surface area contributed by atoms with Gasteiger partial charge in [-0.1, -0.05) is 6.07 Å². The quantitative estimate of drug-likeness (QED) is 0.633. The van der Waals surface area contributed by atoms with Gasteiger partial charge in [-0.05, 0) is 25.5 Å². The number of carboxylic acid groups (broad SMARTS) is 1. The molecule has 0 aromatic heterocycles. The van der Waals surface area contributed by atoms with E-state index >= 15 is 0 Å². The molecule has 0 radical (unpaired) electrons. The lowest BCUT2D eigenvalue weighted by Gasteiger charge is -2.18. The lowest BCUT2D eigenvalue weighted by atomic mass is 10.2. The molecule has 1 aromatic carbocycles. The first kappa shape index (κ1) is 16.1. The maximum absolute atomic E-state index is 12.0. The SMILES string of the molecule is COc1ccc(CS(=O)C(C)(C)C(=O)O)cc1[N+](=O)[O-]. The average Bonchev–Trinajstić information content (AvgIpc) is 2.38. The van der Waals surface area contributed by atoms with Crippen LogP contribution in [0.2, 0.25) is 0 Å². The van der Waals surface area contributed by atoms with Gasteiger partial charge in [0.1, 0.15) is 4.75 Å². The van der Waals surface area contributed by atoms with Crippen molar-refractivity contribution in [2.45, 2.75) is 24.3 Å². The molecular weight excluding hydrogens is 286 g/mol. The second kappa shape index (κ2) is 6.00. The van der Waals surface area contributed by atoms with Crippen LogP contribution in [0.4, 0.5) is 5.69 Å². The molecule has 0 fully saturated rings. The average molecular weight is 301 g/mol. The maximum Gasteiger partial charge on any atom is 0.321 e. The van der Waals surface area contributed by atoms with E-state index in [0.717, 1.165) is 0 Å². The Bertz CT molecular complexity index is 569. The highest BCUT2D eigenvalue weighted by molar-refractivity contribution is 7.86. The van der Waals surface area contributed by atoms with Gasteiger partial charge < -0.3 is 9.84 Å². The summed E-state index contributed by atoms with van der Waals surface area (Å²) in [5.74, 6) is -1.16. The van der Waals surface area contributed by atoms with Gasteiger partial charge in [-0.3, -0.25) is 19.1 Å². The van der Waals surface area contributed by atoms with Crippen LogP contribution in [0.15, 0.2) is 18.2 Å². The van der Waals surface area contributed by atoms with Crippen LogP contribution in [-0.4, -0.2) is 32.1 Å². The molecule has 110 valence electrons.